The summed E-state index contributed by atoms with van der Waals surface area (Å²) in [4.78, 5) is 0. The van der Waals surface area contributed by atoms with Crippen molar-refractivity contribution in [2.45, 2.75) is 39.5 Å². The molecule has 0 aliphatic carbocycles. The fourth-order valence-electron chi connectivity index (χ4n) is 5.82. The third kappa shape index (κ3) is 18.2. The quantitative estimate of drug-likeness (QED) is 0.0701. The lowest BCUT2D eigenvalue weighted by atomic mass is 10.1. The van der Waals surface area contributed by atoms with Crippen molar-refractivity contribution >= 4 is 22.7 Å². The third-order valence-corrected chi connectivity index (χ3v) is 9.76. The average molecular weight is 987 g/mol. The van der Waals surface area contributed by atoms with Gasteiger partial charge >= 0.3 is 6.18 Å². The van der Waals surface area contributed by atoms with E-state index < -0.39 is 23.4 Å². The molecule has 0 saturated heterocycles. The monoisotopic (exact) mass is 986 g/mol. The van der Waals surface area contributed by atoms with E-state index in [1.54, 1.807) is 48.5 Å². The minimum absolute atomic E-state index is 0.0432. The van der Waals surface area contributed by atoms with E-state index in [9.17, 15) is 39.5 Å². The van der Waals surface area contributed by atoms with Crippen LogP contribution in [0, 0.1) is 41.8 Å². The van der Waals surface area contributed by atoms with Crippen LogP contribution >= 0.6 is 0 Å². The minimum atomic E-state index is -4.53. The van der Waals surface area contributed by atoms with Gasteiger partial charge in [-0.1, -0.05) is 48.5 Å². The maximum atomic E-state index is 13.4. The molecule has 8 nitrogen and oxygen atoms in total. The van der Waals surface area contributed by atoms with Gasteiger partial charge in [0.05, 0.1) is 11.3 Å². The van der Waals surface area contributed by atoms with Crippen molar-refractivity contribution in [3.05, 3.63) is 238 Å². The van der Waals surface area contributed by atoms with Gasteiger partial charge in [-0.3, -0.25) is 0 Å². The number of ether oxygens (including phenoxy) is 4. The molecule has 8 aromatic carbocycles. The Morgan fingerprint density at radius 1 is 0.366 bits per heavy atom. The molecule has 71 heavy (non-hydrogen) atoms. The molecule has 17 heteroatoms. The van der Waals surface area contributed by atoms with E-state index in [0.29, 0.717) is 23.6 Å². The summed E-state index contributed by atoms with van der Waals surface area (Å²) in [6, 6.07) is 40.9. The van der Waals surface area contributed by atoms with Crippen LogP contribution < -0.4 is 41.9 Å². The maximum Gasteiger partial charge on any atom is 0.418 e. The fraction of sp³-hybridized carbons (Fsp3) is 0.111. The number of rotatable bonds is 12. The number of alkyl halides is 3. The van der Waals surface area contributed by atoms with Crippen molar-refractivity contribution < 1.29 is 58.5 Å². The number of anilines is 4. The Labute approximate surface area is 403 Å². The molecule has 0 heterocycles. The average Bonchev–Trinajstić information content (AvgIpc) is 3.34. The first-order chi connectivity index (χ1) is 33.8. The normalized spacial score (nSPS) is 10.6. The molecule has 0 aromatic heterocycles. The molecule has 0 amide bonds. The molecule has 0 bridgehead atoms. The first kappa shape index (κ1) is 53.5. The summed E-state index contributed by atoms with van der Waals surface area (Å²) >= 11 is 0. The molecular formula is C54H47F9N4O4. The Bertz CT molecular complexity index is 2830. The summed E-state index contributed by atoms with van der Waals surface area (Å²) in [7, 11) is 0. The predicted molar refractivity (Wildman–Crippen MR) is 256 cm³/mol. The van der Waals surface area contributed by atoms with Crippen molar-refractivity contribution in [2.24, 2.45) is 0 Å². The fourth-order valence-corrected chi connectivity index (χ4v) is 5.82. The van der Waals surface area contributed by atoms with Crippen molar-refractivity contribution in [3.63, 3.8) is 0 Å². The number of aryl methyl sites for hydroxylation is 1. The van der Waals surface area contributed by atoms with E-state index in [2.05, 4.69) is 0 Å². The van der Waals surface area contributed by atoms with E-state index >= 15 is 0 Å². The van der Waals surface area contributed by atoms with E-state index in [1.165, 1.54) is 91.0 Å². The standard InChI is InChI=1S/C14H11F4NO.C14H14FNO.2C13H11F2NO/c15-10-3-1-9(2-4-10)8-20-11-5-6-13(19)12(7-11)14(16,17)18;1-10-8-13(6-7-14(10)16)17-9-11-2-4-12(15)5-3-11;14-10-3-1-9(2-4-10)8-17-11-5-6-13(16)12(15)7-11;14-10-3-1-9(2-4-10)8-17-13-6-5-11(16)7-12(13)15/h1-7H,8,19H2;2-8H,9,16H2,1H3;2*1-7H,8,16H2. The lowest BCUT2D eigenvalue weighted by Gasteiger charge is -2.12. The minimum Gasteiger partial charge on any atom is -0.489 e. The van der Waals surface area contributed by atoms with Gasteiger partial charge in [0.25, 0.3) is 0 Å². The molecule has 8 aromatic rings. The van der Waals surface area contributed by atoms with Crippen molar-refractivity contribution in [3.8, 4) is 23.0 Å². The van der Waals surface area contributed by atoms with Crippen LogP contribution in [0.15, 0.2) is 170 Å². The molecular weight excluding hydrogens is 940 g/mol. The maximum absolute atomic E-state index is 13.4. The van der Waals surface area contributed by atoms with Gasteiger partial charge in [-0.15, -0.1) is 0 Å². The highest BCUT2D eigenvalue weighted by atomic mass is 19.4. The molecule has 0 saturated carbocycles. The van der Waals surface area contributed by atoms with Crippen molar-refractivity contribution in [1.82, 2.24) is 0 Å². The van der Waals surface area contributed by atoms with Gasteiger partial charge in [-0.2, -0.15) is 13.2 Å². The Morgan fingerprint density at radius 3 is 1.11 bits per heavy atom. The van der Waals surface area contributed by atoms with Crippen molar-refractivity contribution in [2.75, 3.05) is 22.9 Å². The number of nitrogens with two attached hydrogens (primary N) is 4. The second-order valence-electron chi connectivity index (χ2n) is 15.3. The zero-order valence-electron chi connectivity index (χ0n) is 37.8. The van der Waals surface area contributed by atoms with Crippen LogP contribution in [0.2, 0.25) is 0 Å². The molecule has 0 fully saturated rings. The van der Waals surface area contributed by atoms with E-state index in [1.807, 2.05) is 25.1 Å². The Kier molecular flexibility index (Phi) is 19.4. The topological polar surface area (TPSA) is 141 Å². The molecule has 0 aliphatic rings. The van der Waals surface area contributed by atoms with Crippen LogP contribution in [0.5, 0.6) is 23.0 Å². The number of nitrogen functional groups attached to an aromatic ring is 4. The molecule has 370 valence electrons. The highest BCUT2D eigenvalue weighted by molar-refractivity contribution is 5.52. The number of hydrogen-bond acceptors (Lipinski definition) is 8. The van der Waals surface area contributed by atoms with Crippen LogP contribution in [0.1, 0.15) is 33.4 Å². The summed E-state index contributed by atoms with van der Waals surface area (Å²) in [5.74, 6) is -0.924. The number of benzene rings is 8. The highest BCUT2D eigenvalue weighted by Crippen LogP contribution is 2.36. The summed E-state index contributed by atoms with van der Waals surface area (Å²) < 4.78 is 137. The van der Waals surface area contributed by atoms with Crippen LogP contribution in [-0.4, -0.2) is 0 Å². The Balaban J connectivity index is 0.000000176. The second-order valence-corrected chi connectivity index (χ2v) is 15.3. The van der Waals surface area contributed by atoms with E-state index in [4.69, 9.17) is 41.9 Å². The summed E-state index contributed by atoms with van der Waals surface area (Å²) in [6.07, 6.45) is -4.53. The van der Waals surface area contributed by atoms with Gasteiger partial charge in [-0.05, 0) is 144 Å². The van der Waals surface area contributed by atoms with Crippen LogP contribution in [0.3, 0.4) is 0 Å². The zero-order valence-corrected chi connectivity index (χ0v) is 37.8. The summed E-state index contributed by atoms with van der Waals surface area (Å²) in [5.41, 5.74) is 25.8. The molecule has 0 atom stereocenters. The van der Waals surface area contributed by atoms with Crippen LogP contribution in [0.25, 0.3) is 0 Å². The first-order valence-corrected chi connectivity index (χ1v) is 21.2. The van der Waals surface area contributed by atoms with E-state index in [-0.39, 0.29) is 66.0 Å². The van der Waals surface area contributed by atoms with Gasteiger partial charge in [0.1, 0.15) is 72.8 Å². The Hall–Kier alpha value is -8.47. The van der Waals surface area contributed by atoms with Crippen LogP contribution in [0.4, 0.5) is 62.3 Å². The largest absolute Gasteiger partial charge is 0.489 e. The molecule has 8 rings (SSSR count). The summed E-state index contributed by atoms with van der Waals surface area (Å²) in [6.45, 7) is 2.83. The lowest BCUT2D eigenvalue weighted by molar-refractivity contribution is -0.137. The molecule has 0 spiro atoms. The van der Waals surface area contributed by atoms with Gasteiger partial charge in [0.2, 0.25) is 0 Å². The summed E-state index contributed by atoms with van der Waals surface area (Å²) in [5, 5.41) is 0. The van der Waals surface area contributed by atoms with Gasteiger partial charge in [0.15, 0.2) is 11.6 Å². The smallest absolute Gasteiger partial charge is 0.418 e. The third-order valence-electron chi connectivity index (χ3n) is 9.76. The molecule has 0 radical (unpaired) electrons. The molecule has 8 N–H and O–H groups in total. The highest BCUT2D eigenvalue weighted by Gasteiger charge is 2.33. The van der Waals surface area contributed by atoms with E-state index in [0.717, 1.165) is 45.8 Å². The van der Waals surface area contributed by atoms with Gasteiger partial charge in [0, 0.05) is 29.2 Å². The van der Waals surface area contributed by atoms with Gasteiger partial charge < -0.3 is 41.9 Å². The molecule has 0 unspecified atom stereocenters. The SMILES string of the molecule is Cc1cc(OCc2ccc(F)cc2)ccc1N.Nc1ccc(OCc2ccc(F)cc2)c(F)c1.Nc1ccc(OCc2ccc(F)cc2)cc1C(F)(F)F.Nc1ccc(OCc2ccc(F)cc2)cc1F. The van der Waals surface area contributed by atoms with Crippen molar-refractivity contribution in [1.29, 1.82) is 0 Å². The lowest BCUT2D eigenvalue weighted by Crippen LogP contribution is -2.09. The zero-order chi connectivity index (χ0) is 51.5. The second kappa shape index (κ2) is 25.8. The van der Waals surface area contributed by atoms with Gasteiger partial charge in [-0.25, -0.2) is 26.3 Å². The first-order valence-electron chi connectivity index (χ1n) is 21.2. The molecule has 0 aliphatic heterocycles. The Morgan fingerprint density at radius 2 is 0.732 bits per heavy atom. The van der Waals surface area contributed by atoms with Crippen LogP contribution in [-0.2, 0) is 32.6 Å². The number of halogens is 9. The predicted octanol–water partition coefficient (Wildman–Crippen LogP) is 13.6. The number of hydrogen-bond donors (Lipinski definition) is 4.